The van der Waals surface area contributed by atoms with Crippen molar-refractivity contribution in [1.29, 1.82) is 0 Å². The first-order valence-corrected chi connectivity index (χ1v) is 8.21. The minimum Gasteiger partial charge on any atom is -0.497 e. The summed E-state index contributed by atoms with van der Waals surface area (Å²) in [7, 11) is 1.58. The van der Waals surface area contributed by atoms with E-state index in [0.717, 1.165) is 23.6 Å². The third kappa shape index (κ3) is 4.79. The van der Waals surface area contributed by atoms with E-state index in [2.05, 4.69) is 15.6 Å². The fourth-order valence-electron chi connectivity index (χ4n) is 2.41. The molecule has 0 aliphatic heterocycles. The Bertz CT molecular complexity index is 956. The van der Waals surface area contributed by atoms with Crippen molar-refractivity contribution in [2.45, 2.75) is 6.18 Å². The van der Waals surface area contributed by atoms with Crippen molar-refractivity contribution in [3.63, 3.8) is 0 Å². The van der Waals surface area contributed by atoms with Crippen molar-refractivity contribution in [3.8, 4) is 5.75 Å². The van der Waals surface area contributed by atoms with Crippen molar-refractivity contribution < 1.29 is 22.7 Å². The van der Waals surface area contributed by atoms with Crippen LogP contribution >= 0.6 is 0 Å². The first kappa shape index (κ1) is 19.2. The topological polar surface area (TPSA) is 63.2 Å². The SMILES string of the molecule is COc1ccc(Nc2ccnc(C(=O)Nc3ccc(C(F)(F)F)cc3)c2)cc1. The summed E-state index contributed by atoms with van der Waals surface area (Å²) in [6.07, 6.45) is -2.96. The molecule has 0 aliphatic rings. The third-order valence-corrected chi connectivity index (χ3v) is 3.84. The Labute approximate surface area is 159 Å². The summed E-state index contributed by atoms with van der Waals surface area (Å²) in [6.45, 7) is 0. The average molecular weight is 387 g/mol. The standard InChI is InChI=1S/C20H16F3N3O2/c1-28-17-8-6-14(7-9-17)25-16-10-11-24-18(12-16)19(27)26-15-4-2-13(3-5-15)20(21,22)23/h2-12H,1H3,(H,24,25)(H,26,27). The lowest BCUT2D eigenvalue weighted by atomic mass is 10.2. The number of aromatic nitrogens is 1. The molecule has 0 radical (unpaired) electrons. The van der Waals surface area contributed by atoms with Gasteiger partial charge in [-0.2, -0.15) is 13.2 Å². The number of alkyl halides is 3. The zero-order valence-electron chi connectivity index (χ0n) is 14.7. The maximum atomic E-state index is 12.6. The zero-order valence-corrected chi connectivity index (χ0v) is 14.7. The fraction of sp³-hybridized carbons (Fsp3) is 0.100. The molecule has 3 aromatic rings. The number of methoxy groups -OCH3 is 1. The van der Waals surface area contributed by atoms with Gasteiger partial charge in [0, 0.05) is 23.3 Å². The van der Waals surface area contributed by atoms with Gasteiger partial charge in [-0.05, 0) is 60.7 Å². The summed E-state index contributed by atoms with van der Waals surface area (Å²) in [5.41, 5.74) is 1.01. The van der Waals surface area contributed by atoms with Crippen LogP contribution in [0.2, 0.25) is 0 Å². The van der Waals surface area contributed by atoms with Crippen LogP contribution in [0.5, 0.6) is 5.75 Å². The molecule has 144 valence electrons. The maximum Gasteiger partial charge on any atom is 0.416 e. The van der Waals surface area contributed by atoms with Gasteiger partial charge < -0.3 is 15.4 Å². The quantitative estimate of drug-likeness (QED) is 0.639. The van der Waals surface area contributed by atoms with Crippen molar-refractivity contribution >= 4 is 23.0 Å². The number of anilines is 3. The zero-order chi connectivity index (χ0) is 20.1. The molecule has 8 heteroatoms. The van der Waals surface area contributed by atoms with Gasteiger partial charge in [-0.1, -0.05) is 0 Å². The molecular weight excluding hydrogens is 371 g/mol. The van der Waals surface area contributed by atoms with Crippen molar-refractivity contribution in [2.75, 3.05) is 17.7 Å². The van der Waals surface area contributed by atoms with Crippen LogP contribution in [0.25, 0.3) is 0 Å². The Morgan fingerprint density at radius 1 is 0.929 bits per heavy atom. The van der Waals surface area contributed by atoms with Gasteiger partial charge in [-0.25, -0.2) is 0 Å². The predicted molar refractivity (Wildman–Crippen MR) is 99.9 cm³/mol. The highest BCUT2D eigenvalue weighted by Gasteiger charge is 2.30. The fourth-order valence-corrected chi connectivity index (χ4v) is 2.41. The number of pyridine rings is 1. The van der Waals surface area contributed by atoms with E-state index in [1.54, 1.807) is 31.4 Å². The summed E-state index contributed by atoms with van der Waals surface area (Å²) in [5, 5.41) is 5.67. The van der Waals surface area contributed by atoms with Gasteiger partial charge in [0.25, 0.3) is 5.91 Å². The van der Waals surface area contributed by atoms with E-state index >= 15 is 0 Å². The molecule has 1 heterocycles. The van der Waals surface area contributed by atoms with Crippen LogP contribution in [-0.2, 0) is 6.18 Å². The van der Waals surface area contributed by atoms with Crippen molar-refractivity contribution in [2.24, 2.45) is 0 Å². The summed E-state index contributed by atoms with van der Waals surface area (Å²) in [6, 6.07) is 14.7. The number of nitrogens with zero attached hydrogens (tertiary/aromatic N) is 1. The number of carbonyl (C=O) groups is 1. The second kappa shape index (κ2) is 7.99. The summed E-state index contributed by atoms with van der Waals surface area (Å²) < 4.78 is 42.9. The molecule has 0 spiro atoms. The lowest BCUT2D eigenvalue weighted by Crippen LogP contribution is -2.14. The van der Waals surface area contributed by atoms with Gasteiger partial charge in [0.05, 0.1) is 12.7 Å². The second-order valence-electron chi connectivity index (χ2n) is 5.81. The molecule has 0 saturated carbocycles. The van der Waals surface area contributed by atoms with Crippen LogP contribution in [0.3, 0.4) is 0 Å². The number of rotatable bonds is 5. The van der Waals surface area contributed by atoms with Gasteiger partial charge in [0.2, 0.25) is 0 Å². The lowest BCUT2D eigenvalue weighted by Gasteiger charge is -2.10. The van der Waals surface area contributed by atoms with E-state index < -0.39 is 17.6 Å². The molecule has 0 aliphatic carbocycles. The molecule has 0 saturated heterocycles. The number of nitrogens with one attached hydrogen (secondary N) is 2. The highest BCUT2D eigenvalue weighted by atomic mass is 19.4. The Morgan fingerprint density at radius 3 is 2.18 bits per heavy atom. The number of benzene rings is 2. The lowest BCUT2D eigenvalue weighted by molar-refractivity contribution is -0.137. The molecule has 2 aromatic carbocycles. The van der Waals surface area contributed by atoms with Crippen molar-refractivity contribution in [1.82, 2.24) is 4.98 Å². The molecule has 28 heavy (non-hydrogen) atoms. The van der Waals surface area contributed by atoms with E-state index in [4.69, 9.17) is 4.74 Å². The second-order valence-corrected chi connectivity index (χ2v) is 5.81. The van der Waals surface area contributed by atoms with Gasteiger partial charge in [-0.15, -0.1) is 0 Å². The first-order chi connectivity index (χ1) is 13.3. The number of hydrogen-bond acceptors (Lipinski definition) is 4. The first-order valence-electron chi connectivity index (χ1n) is 8.21. The molecule has 0 fully saturated rings. The minimum absolute atomic E-state index is 0.124. The molecule has 0 unspecified atom stereocenters. The molecular formula is C20H16F3N3O2. The van der Waals surface area contributed by atoms with Gasteiger partial charge >= 0.3 is 6.18 Å². The normalized spacial score (nSPS) is 11.0. The molecule has 5 nitrogen and oxygen atoms in total. The molecule has 1 aromatic heterocycles. The molecule has 0 atom stereocenters. The Kier molecular flexibility index (Phi) is 5.49. The summed E-state index contributed by atoms with van der Waals surface area (Å²) >= 11 is 0. The Hall–Kier alpha value is -3.55. The number of halogens is 3. The monoisotopic (exact) mass is 387 g/mol. The number of carbonyl (C=O) groups excluding carboxylic acids is 1. The van der Waals surface area contributed by atoms with Crippen LogP contribution in [0, 0.1) is 0 Å². The van der Waals surface area contributed by atoms with Crippen LogP contribution in [0.1, 0.15) is 16.1 Å². The smallest absolute Gasteiger partial charge is 0.416 e. The highest BCUT2D eigenvalue weighted by molar-refractivity contribution is 6.03. The minimum atomic E-state index is -4.43. The Balaban J connectivity index is 1.69. The van der Waals surface area contributed by atoms with Gasteiger partial charge in [-0.3, -0.25) is 9.78 Å². The van der Waals surface area contributed by atoms with Crippen molar-refractivity contribution in [3.05, 3.63) is 78.1 Å². The maximum absolute atomic E-state index is 12.6. The van der Waals surface area contributed by atoms with E-state index in [9.17, 15) is 18.0 Å². The van der Waals surface area contributed by atoms with Crippen LogP contribution in [-0.4, -0.2) is 18.0 Å². The molecule has 3 rings (SSSR count). The molecule has 1 amide bonds. The van der Waals surface area contributed by atoms with E-state index in [0.29, 0.717) is 5.69 Å². The van der Waals surface area contributed by atoms with E-state index in [-0.39, 0.29) is 11.4 Å². The van der Waals surface area contributed by atoms with Gasteiger partial charge in [0.15, 0.2) is 0 Å². The van der Waals surface area contributed by atoms with E-state index in [1.807, 2.05) is 12.1 Å². The van der Waals surface area contributed by atoms with Crippen LogP contribution in [0.4, 0.5) is 30.2 Å². The highest BCUT2D eigenvalue weighted by Crippen LogP contribution is 2.30. The van der Waals surface area contributed by atoms with Crippen LogP contribution in [0.15, 0.2) is 66.9 Å². The molecule has 0 bridgehead atoms. The average Bonchev–Trinajstić information content (AvgIpc) is 2.68. The molecule has 2 N–H and O–H groups in total. The largest absolute Gasteiger partial charge is 0.497 e. The number of amides is 1. The van der Waals surface area contributed by atoms with Gasteiger partial charge in [0.1, 0.15) is 11.4 Å². The number of hydrogen-bond donors (Lipinski definition) is 2. The van der Waals surface area contributed by atoms with Crippen LogP contribution < -0.4 is 15.4 Å². The predicted octanol–water partition coefficient (Wildman–Crippen LogP) is 5.10. The van der Waals surface area contributed by atoms with E-state index in [1.165, 1.54) is 18.3 Å². The third-order valence-electron chi connectivity index (χ3n) is 3.84. The Morgan fingerprint density at radius 2 is 1.57 bits per heavy atom. The summed E-state index contributed by atoms with van der Waals surface area (Å²) in [5.74, 6) is 0.190. The summed E-state index contributed by atoms with van der Waals surface area (Å²) in [4.78, 5) is 16.4. The number of ether oxygens (including phenoxy) is 1.